The number of rotatable bonds is 13. The summed E-state index contributed by atoms with van der Waals surface area (Å²) in [5.41, 5.74) is 10.6. The standard InChI is InChI=1S/C44H55N3.C3H8/c1-9-46(10-2)37-25-21-35(22-26-37)43(36-23-27-38(28-24-36)47(11-3)12-4)41-29-30-42(40-16-14-13-15-39(40)41)45-31-33-17-19-34(20-18-33)32(5)44(6,7)8;1-3-2/h13-30,32,43,45H,9-12,31H2,1-8H3;3H2,1-2H3. The minimum absolute atomic E-state index is 0.114. The van der Waals surface area contributed by atoms with Gasteiger partial charge in [-0.3, -0.25) is 0 Å². The van der Waals surface area contributed by atoms with Crippen molar-refractivity contribution < 1.29 is 0 Å². The molecule has 0 aliphatic rings. The molecule has 0 aromatic heterocycles. The van der Waals surface area contributed by atoms with E-state index in [-0.39, 0.29) is 11.3 Å². The molecule has 0 aliphatic carbocycles. The van der Waals surface area contributed by atoms with Crippen LogP contribution in [0.25, 0.3) is 10.8 Å². The second-order valence-corrected chi connectivity index (χ2v) is 14.6. The SMILES string of the molecule is CCC.CCN(CC)c1ccc(C(c2ccc(N(CC)CC)cc2)c2ccc(NCc3ccc(C(C)C(C)(C)C)cc3)c3ccccc23)cc1. The second-order valence-electron chi connectivity index (χ2n) is 14.6. The Morgan fingerprint density at radius 2 is 0.980 bits per heavy atom. The van der Waals surface area contributed by atoms with Gasteiger partial charge in [-0.1, -0.05) is 127 Å². The summed E-state index contributed by atoms with van der Waals surface area (Å²) in [6.45, 7) is 27.2. The van der Waals surface area contributed by atoms with Crippen molar-refractivity contribution in [2.45, 2.75) is 94.0 Å². The number of nitrogens with zero attached hydrogens (tertiary/aromatic N) is 2. The molecule has 266 valence electrons. The molecule has 3 heteroatoms. The number of hydrogen-bond donors (Lipinski definition) is 1. The number of anilines is 3. The molecule has 5 aromatic carbocycles. The summed E-state index contributed by atoms with van der Waals surface area (Å²) in [4.78, 5) is 4.82. The molecule has 1 atom stereocenters. The summed E-state index contributed by atoms with van der Waals surface area (Å²) in [6, 6.07) is 41.2. The summed E-state index contributed by atoms with van der Waals surface area (Å²) >= 11 is 0. The normalized spacial score (nSPS) is 12.0. The van der Waals surface area contributed by atoms with Gasteiger partial charge < -0.3 is 15.1 Å². The van der Waals surface area contributed by atoms with E-state index < -0.39 is 0 Å². The number of hydrogen-bond acceptors (Lipinski definition) is 3. The minimum Gasteiger partial charge on any atom is -0.380 e. The minimum atomic E-state index is 0.114. The van der Waals surface area contributed by atoms with Gasteiger partial charge in [0.15, 0.2) is 0 Å². The molecule has 0 saturated heterocycles. The van der Waals surface area contributed by atoms with Crippen molar-refractivity contribution in [2.75, 3.05) is 41.3 Å². The first-order chi connectivity index (χ1) is 24.1. The van der Waals surface area contributed by atoms with Gasteiger partial charge >= 0.3 is 0 Å². The lowest BCUT2D eigenvalue weighted by Gasteiger charge is -2.27. The first-order valence-electron chi connectivity index (χ1n) is 19.1. The van der Waals surface area contributed by atoms with Gasteiger partial charge in [0.25, 0.3) is 0 Å². The van der Waals surface area contributed by atoms with Crippen LogP contribution in [0.15, 0.2) is 109 Å². The van der Waals surface area contributed by atoms with Crippen molar-refractivity contribution in [3.8, 4) is 0 Å². The van der Waals surface area contributed by atoms with Gasteiger partial charge in [-0.15, -0.1) is 0 Å². The lowest BCUT2D eigenvalue weighted by molar-refractivity contribution is 0.339. The zero-order valence-corrected chi connectivity index (χ0v) is 32.7. The molecule has 3 nitrogen and oxygen atoms in total. The topological polar surface area (TPSA) is 18.5 Å². The van der Waals surface area contributed by atoms with Crippen LogP contribution in [0.2, 0.25) is 0 Å². The van der Waals surface area contributed by atoms with Gasteiger partial charge in [-0.05, 0) is 103 Å². The van der Waals surface area contributed by atoms with Crippen molar-refractivity contribution in [1.82, 2.24) is 0 Å². The van der Waals surface area contributed by atoms with Gasteiger partial charge in [-0.25, -0.2) is 0 Å². The number of nitrogens with one attached hydrogen (secondary N) is 1. The van der Waals surface area contributed by atoms with E-state index >= 15 is 0 Å². The number of fused-ring (bicyclic) bond motifs is 1. The highest BCUT2D eigenvalue weighted by Gasteiger charge is 2.22. The van der Waals surface area contributed by atoms with Crippen molar-refractivity contribution in [1.29, 1.82) is 0 Å². The molecule has 5 rings (SSSR count). The van der Waals surface area contributed by atoms with Crippen LogP contribution in [0, 0.1) is 5.41 Å². The Bertz CT molecular complexity index is 1670. The third kappa shape index (κ3) is 9.30. The fourth-order valence-electron chi connectivity index (χ4n) is 6.83. The molecule has 0 fully saturated rings. The van der Waals surface area contributed by atoms with Crippen molar-refractivity contribution >= 4 is 27.8 Å². The maximum Gasteiger partial charge on any atom is 0.0422 e. The fourth-order valence-corrected chi connectivity index (χ4v) is 6.83. The first kappa shape index (κ1) is 38.6. The van der Waals surface area contributed by atoms with Gasteiger partial charge in [0, 0.05) is 61.1 Å². The third-order valence-electron chi connectivity index (χ3n) is 10.2. The Morgan fingerprint density at radius 1 is 0.540 bits per heavy atom. The summed E-state index contributed by atoms with van der Waals surface area (Å²) < 4.78 is 0. The quantitative estimate of drug-likeness (QED) is 0.126. The lowest BCUT2D eigenvalue weighted by atomic mass is 9.78. The molecule has 50 heavy (non-hydrogen) atoms. The van der Waals surface area contributed by atoms with E-state index in [1.165, 1.54) is 62.1 Å². The molecule has 0 spiro atoms. The molecule has 0 aliphatic heterocycles. The van der Waals surface area contributed by atoms with Crippen LogP contribution >= 0.6 is 0 Å². The Balaban J connectivity index is 0.00000181. The molecule has 0 radical (unpaired) electrons. The molecule has 1 unspecified atom stereocenters. The monoisotopic (exact) mass is 670 g/mol. The van der Waals surface area contributed by atoms with Crippen LogP contribution in [0.1, 0.15) is 115 Å². The predicted octanol–water partition coefficient (Wildman–Crippen LogP) is 12.9. The molecule has 0 bridgehead atoms. The van der Waals surface area contributed by atoms with E-state index in [1.54, 1.807) is 0 Å². The van der Waals surface area contributed by atoms with E-state index in [2.05, 4.69) is 194 Å². The van der Waals surface area contributed by atoms with Crippen molar-refractivity contribution in [3.05, 3.63) is 137 Å². The molecule has 0 saturated carbocycles. The summed E-state index contributed by atoms with van der Waals surface area (Å²) in [5, 5.41) is 6.33. The van der Waals surface area contributed by atoms with E-state index in [0.29, 0.717) is 5.92 Å². The van der Waals surface area contributed by atoms with Crippen LogP contribution in [-0.2, 0) is 6.54 Å². The molecular weight excluding hydrogens is 607 g/mol. The highest BCUT2D eigenvalue weighted by Crippen LogP contribution is 2.40. The highest BCUT2D eigenvalue weighted by molar-refractivity contribution is 5.97. The van der Waals surface area contributed by atoms with Crippen LogP contribution in [0.5, 0.6) is 0 Å². The molecular formula is C47H63N3. The molecule has 1 N–H and O–H groups in total. The largest absolute Gasteiger partial charge is 0.380 e. The molecule has 0 heterocycles. The van der Waals surface area contributed by atoms with Crippen LogP contribution in [-0.4, -0.2) is 26.2 Å². The maximum atomic E-state index is 3.78. The Labute approximate surface area is 304 Å². The second kappa shape index (κ2) is 18.1. The van der Waals surface area contributed by atoms with Crippen LogP contribution in [0.3, 0.4) is 0 Å². The summed E-state index contributed by atoms with van der Waals surface area (Å²) in [7, 11) is 0. The number of benzene rings is 5. The van der Waals surface area contributed by atoms with Gasteiger partial charge in [0.1, 0.15) is 0 Å². The van der Waals surface area contributed by atoms with E-state index in [0.717, 1.165) is 32.7 Å². The van der Waals surface area contributed by atoms with E-state index in [9.17, 15) is 0 Å². The molecule has 5 aromatic rings. The van der Waals surface area contributed by atoms with Crippen LogP contribution < -0.4 is 15.1 Å². The van der Waals surface area contributed by atoms with E-state index in [1.807, 2.05) is 0 Å². The fraction of sp³-hybridized carbons (Fsp3) is 0.404. The average Bonchev–Trinajstić information content (AvgIpc) is 3.13. The van der Waals surface area contributed by atoms with Gasteiger partial charge in [0.05, 0.1) is 0 Å². The Kier molecular flexibility index (Phi) is 14.0. The zero-order valence-electron chi connectivity index (χ0n) is 32.7. The van der Waals surface area contributed by atoms with Gasteiger partial charge in [0.2, 0.25) is 0 Å². The summed E-state index contributed by atoms with van der Waals surface area (Å²) in [5.74, 6) is 0.624. The molecule has 0 amide bonds. The smallest absolute Gasteiger partial charge is 0.0422 e. The van der Waals surface area contributed by atoms with Gasteiger partial charge in [-0.2, -0.15) is 0 Å². The predicted molar refractivity (Wildman–Crippen MR) is 223 cm³/mol. The lowest BCUT2D eigenvalue weighted by Crippen LogP contribution is -2.22. The Morgan fingerprint density at radius 3 is 1.42 bits per heavy atom. The Hall–Kier alpha value is -4.24. The first-order valence-corrected chi connectivity index (χ1v) is 19.1. The zero-order chi connectivity index (χ0) is 36.3. The van der Waals surface area contributed by atoms with Crippen molar-refractivity contribution in [2.24, 2.45) is 5.41 Å². The van der Waals surface area contributed by atoms with E-state index in [4.69, 9.17) is 0 Å². The van der Waals surface area contributed by atoms with Crippen molar-refractivity contribution in [3.63, 3.8) is 0 Å². The summed E-state index contributed by atoms with van der Waals surface area (Å²) in [6.07, 6.45) is 1.25. The average molecular weight is 670 g/mol. The van der Waals surface area contributed by atoms with Crippen LogP contribution in [0.4, 0.5) is 17.1 Å². The highest BCUT2D eigenvalue weighted by atomic mass is 15.1. The maximum absolute atomic E-state index is 3.78. The third-order valence-corrected chi connectivity index (χ3v) is 10.2.